The average molecular weight is 250 g/mol. The predicted molar refractivity (Wildman–Crippen MR) is 64.8 cm³/mol. The summed E-state index contributed by atoms with van der Waals surface area (Å²) >= 11 is 0. The van der Waals surface area contributed by atoms with Crippen molar-refractivity contribution in [3.05, 3.63) is 42.0 Å². The lowest BCUT2D eigenvalue weighted by atomic mass is 10.1. The molecule has 0 radical (unpaired) electrons. The highest BCUT2D eigenvalue weighted by Crippen LogP contribution is 2.21. The van der Waals surface area contributed by atoms with Crippen molar-refractivity contribution in [1.29, 1.82) is 0 Å². The number of benzene rings is 1. The highest BCUT2D eigenvalue weighted by molar-refractivity contribution is 5.97. The van der Waals surface area contributed by atoms with E-state index in [1.165, 1.54) is 32.4 Å². The minimum atomic E-state index is -0.584. The Kier molecular flexibility index (Phi) is 4.92. The van der Waals surface area contributed by atoms with Crippen molar-refractivity contribution in [2.24, 2.45) is 0 Å². The number of rotatable bonds is 5. The summed E-state index contributed by atoms with van der Waals surface area (Å²) in [6.45, 7) is 3.77. The van der Waals surface area contributed by atoms with E-state index in [1.54, 1.807) is 6.08 Å². The van der Waals surface area contributed by atoms with Crippen LogP contribution in [0.15, 0.2) is 30.9 Å². The van der Waals surface area contributed by atoms with Crippen molar-refractivity contribution in [2.75, 3.05) is 20.8 Å². The highest BCUT2D eigenvalue weighted by Gasteiger charge is 2.16. The molecule has 0 fully saturated rings. The second kappa shape index (κ2) is 6.44. The first-order valence-corrected chi connectivity index (χ1v) is 5.18. The SMILES string of the molecule is C=CCOc1ccc(C(=O)OC)cc1C(=O)OC. The van der Waals surface area contributed by atoms with Crippen LogP contribution in [0.3, 0.4) is 0 Å². The molecule has 1 aromatic rings. The fraction of sp³-hybridized carbons (Fsp3) is 0.231. The van der Waals surface area contributed by atoms with Crippen LogP contribution < -0.4 is 4.74 Å². The van der Waals surface area contributed by atoms with Crippen molar-refractivity contribution in [2.45, 2.75) is 0 Å². The summed E-state index contributed by atoms with van der Waals surface area (Å²) < 4.78 is 14.5. The molecule has 0 unspecified atom stereocenters. The minimum absolute atomic E-state index is 0.169. The van der Waals surface area contributed by atoms with Crippen molar-refractivity contribution in [3.8, 4) is 5.75 Å². The van der Waals surface area contributed by atoms with Crippen LogP contribution in [0.2, 0.25) is 0 Å². The molecule has 0 atom stereocenters. The van der Waals surface area contributed by atoms with Gasteiger partial charge < -0.3 is 14.2 Å². The van der Waals surface area contributed by atoms with E-state index >= 15 is 0 Å². The Hall–Kier alpha value is -2.30. The second-order valence-electron chi connectivity index (χ2n) is 3.29. The van der Waals surface area contributed by atoms with Crippen LogP contribution in [0.1, 0.15) is 20.7 Å². The molecule has 0 aliphatic heterocycles. The zero-order valence-corrected chi connectivity index (χ0v) is 10.3. The molecule has 0 spiro atoms. The number of carbonyl (C=O) groups is 2. The lowest BCUT2D eigenvalue weighted by Crippen LogP contribution is -2.09. The standard InChI is InChI=1S/C13H14O5/c1-4-7-18-11-6-5-9(12(14)16-2)8-10(11)13(15)17-3/h4-6,8H,1,7H2,2-3H3. The van der Waals surface area contributed by atoms with Gasteiger partial charge in [0.25, 0.3) is 0 Å². The Morgan fingerprint density at radius 3 is 2.44 bits per heavy atom. The lowest BCUT2D eigenvalue weighted by Gasteiger charge is -2.10. The fourth-order valence-corrected chi connectivity index (χ4v) is 1.32. The van der Waals surface area contributed by atoms with Crippen LogP contribution >= 0.6 is 0 Å². The molecular formula is C13H14O5. The minimum Gasteiger partial charge on any atom is -0.489 e. The molecule has 5 nitrogen and oxygen atoms in total. The molecule has 0 amide bonds. The zero-order valence-electron chi connectivity index (χ0n) is 10.3. The van der Waals surface area contributed by atoms with Gasteiger partial charge in [-0.25, -0.2) is 9.59 Å². The van der Waals surface area contributed by atoms with Gasteiger partial charge in [-0.15, -0.1) is 0 Å². The highest BCUT2D eigenvalue weighted by atomic mass is 16.5. The molecule has 0 aromatic heterocycles. The number of carbonyl (C=O) groups excluding carboxylic acids is 2. The van der Waals surface area contributed by atoms with Crippen LogP contribution in [-0.4, -0.2) is 32.8 Å². The van der Waals surface area contributed by atoms with E-state index in [0.717, 1.165) is 0 Å². The Labute approximate surface area is 105 Å². The molecule has 0 heterocycles. The third-order valence-electron chi connectivity index (χ3n) is 2.16. The molecule has 18 heavy (non-hydrogen) atoms. The molecule has 0 N–H and O–H groups in total. The topological polar surface area (TPSA) is 61.8 Å². The van der Waals surface area contributed by atoms with Crippen molar-refractivity contribution < 1.29 is 23.8 Å². The van der Waals surface area contributed by atoms with Gasteiger partial charge in [0.2, 0.25) is 0 Å². The Morgan fingerprint density at radius 1 is 1.22 bits per heavy atom. The second-order valence-corrected chi connectivity index (χ2v) is 3.29. The van der Waals surface area contributed by atoms with Crippen molar-refractivity contribution in [1.82, 2.24) is 0 Å². The van der Waals surface area contributed by atoms with Crippen molar-refractivity contribution in [3.63, 3.8) is 0 Å². The molecule has 5 heteroatoms. The Balaban J connectivity index is 3.15. The third kappa shape index (κ3) is 3.10. The van der Waals surface area contributed by atoms with Crippen LogP contribution in [0.25, 0.3) is 0 Å². The Bertz CT molecular complexity index is 464. The molecule has 0 aliphatic carbocycles. The van der Waals surface area contributed by atoms with Gasteiger partial charge in [-0.05, 0) is 18.2 Å². The summed E-state index contributed by atoms with van der Waals surface area (Å²) in [4.78, 5) is 23.0. The molecule has 0 bridgehead atoms. The van der Waals surface area contributed by atoms with Crippen LogP contribution in [-0.2, 0) is 9.47 Å². The molecule has 0 saturated heterocycles. The maximum atomic E-state index is 11.6. The number of hydrogen-bond acceptors (Lipinski definition) is 5. The molecule has 1 rings (SSSR count). The number of hydrogen-bond donors (Lipinski definition) is 0. The summed E-state index contributed by atoms with van der Waals surface area (Å²) in [5.41, 5.74) is 0.422. The van der Waals surface area contributed by atoms with Crippen LogP contribution in [0, 0.1) is 0 Å². The van der Waals surface area contributed by atoms with Gasteiger partial charge in [0.15, 0.2) is 0 Å². The Morgan fingerprint density at radius 2 is 1.89 bits per heavy atom. The normalized spacial score (nSPS) is 9.44. The number of methoxy groups -OCH3 is 2. The monoisotopic (exact) mass is 250 g/mol. The van der Waals surface area contributed by atoms with E-state index < -0.39 is 11.9 Å². The van der Waals surface area contributed by atoms with Crippen LogP contribution in [0.4, 0.5) is 0 Å². The smallest absolute Gasteiger partial charge is 0.341 e. The van der Waals surface area contributed by atoms with E-state index in [2.05, 4.69) is 16.1 Å². The molecule has 0 saturated carbocycles. The number of ether oxygens (including phenoxy) is 3. The van der Waals surface area contributed by atoms with Gasteiger partial charge in [-0.2, -0.15) is 0 Å². The molecule has 96 valence electrons. The summed E-state index contributed by atoms with van der Waals surface area (Å²) in [6.07, 6.45) is 1.55. The van der Waals surface area contributed by atoms with E-state index in [1.807, 2.05) is 0 Å². The number of esters is 2. The quantitative estimate of drug-likeness (QED) is 0.589. The fourth-order valence-electron chi connectivity index (χ4n) is 1.32. The average Bonchev–Trinajstić information content (AvgIpc) is 2.43. The van der Waals surface area contributed by atoms with Gasteiger partial charge in [-0.3, -0.25) is 0 Å². The summed E-state index contributed by atoms with van der Waals surface area (Å²) in [7, 11) is 2.52. The molecular weight excluding hydrogens is 236 g/mol. The van der Waals surface area contributed by atoms with E-state index in [0.29, 0.717) is 5.75 Å². The summed E-state index contributed by atoms with van der Waals surface area (Å²) in [6, 6.07) is 4.40. The van der Waals surface area contributed by atoms with E-state index in [9.17, 15) is 9.59 Å². The molecule has 0 aliphatic rings. The van der Waals surface area contributed by atoms with E-state index in [-0.39, 0.29) is 17.7 Å². The van der Waals surface area contributed by atoms with Crippen molar-refractivity contribution >= 4 is 11.9 Å². The van der Waals surface area contributed by atoms with Gasteiger partial charge in [0.1, 0.15) is 17.9 Å². The lowest BCUT2D eigenvalue weighted by molar-refractivity contribution is 0.0596. The van der Waals surface area contributed by atoms with Crippen LogP contribution in [0.5, 0.6) is 5.75 Å². The third-order valence-corrected chi connectivity index (χ3v) is 2.16. The summed E-state index contributed by atoms with van der Waals surface area (Å²) in [5.74, 6) is -0.787. The predicted octanol–water partition coefficient (Wildman–Crippen LogP) is 1.82. The molecule has 1 aromatic carbocycles. The first kappa shape index (κ1) is 13.8. The van der Waals surface area contributed by atoms with E-state index in [4.69, 9.17) is 4.74 Å². The largest absolute Gasteiger partial charge is 0.489 e. The maximum absolute atomic E-state index is 11.6. The van der Waals surface area contributed by atoms with Gasteiger partial charge in [0, 0.05) is 0 Å². The first-order valence-electron chi connectivity index (χ1n) is 5.18. The van der Waals surface area contributed by atoms with Gasteiger partial charge >= 0.3 is 11.9 Å². The maximum Gasteiger partial charge on any atom is 0.341 e. The first-order chi connectivity index (χ1) is 8.63. The van der Waals surface area contributed by atoms with Gasteiger partial charge in [0.05, 0.1) is 19.8 Å². The summed E-state index contributed by atoms with van der Waals surface area (Å²) in [5, 5.41) is 0. The van der Waals surface area contributed by atoms with Gasteiger partial charge in [-0.1, -0.05) is 12.7 Å². The zero-order chi connectivity index (χ0) is 13.5.